The van der Waals surface area contributed by atoms with E-state index in [2.05, 4.69) is 5.32 Å². The lowest BCUT2D eigenvalue weighted by Crippen LogP contribution is -2.30. The second-order valence-electron chi connectivity index (χ2n) is 4.82. The topological polar surface area (TPSA) is 55.4 Å². The zero-order valence-corrected chi connectivity index (χ0v) is 12.1. The van der Waals surface area contributed by atoms with Gasteiger partial charge < -0.3 is 10.1 Å². The molecule has 4 nitrogen and oxygen atoms in total. The summed E-state index contributed by atoms with van der Waals surface area (Å²) in [6.07, 6.45) is 1.81. The molecule has 21 heavy (non-hydrogen) atoms. The minimum atomic E-state index is -0.405. The van der Waals surface area contributed by atoms with Gasteiger partial charge in [-0.05, 0) is 29.3 Å². The third kappa shape index (κ3) is 4.31. The van der Waals surface area contributed by atoms with Crippen molar-refractivity contribution in [3.05, 3.63) is 48.0 Å². The molecule has 0 aromatic heterocycles. The first kappa shape index (κ1) is 15.0. The summed E-state index contributed by atoms with van der Waals surface area (Å²) in [5.41, 5.74) is 0.537. The lowest BCUT2D eigenvalue weighted by atomic mass is 10.1. The number of esters is 1. The van der Waals surface area contributed by atoms with E-state index < -0.39 is 5.97 Å². The molecule has 0 aliphatic rings. The molecular formula is C17H19NO3. The van der Waals surface area contributed by atoms with Crippen LogP contribution in [0.1, 0.15) is 30.1 Å². The number of ether oxygens (including phenoxy) is 1. The molecule has 0 aliphatic heterocycles. The fourth-order valence-electron chi connectivity index (χ4n) is 1.97. The summed E-state index contributed by atoms with van der Waals surface area (Å²) in [6.45, 7) is 2.33. The molecule has 0 saturated heterocycles. The summed E-state index contributed by atoms with van der Waals surface area (Å²) in [5, 5.41) is 4.65. The van der Waals surface area contributed by atoms with E-state index >= 15 is 0 Å². The van der Waals surface area contributed by atoms with Crippen LogP contribution in [0.3, 0.4) is 0 Å². The Morgan fingerprint density at radius 2 is 1.86 bits per heavy atom. The largest absolute Gasteiger partial charge is 0.464 e. The Hall–Kier alpha value is -2.36. The van der Waals surface area contributed by atoms with Gasteiger partial charge in [0.25, 0.3) is 5.91 Å². The molecule has 1 amide bonds. The number of rotatable bonds is 6. The average molecular weight is 285 g/mol. The van der Waals surface area contributed by atoms with Gasteiger partial charge in [-0.1, -0.05) is 43.7 Å². The predicted molar refractivity (Wildman–Crippen MR) is 82.1 cm³/mol. The first-order chi connectivity index (χ1) is 10.2. The molecule has 0 aliphatic carbocycles. The van der Waals surface area contributed by atoms with Gasteiger partial charge in [0.15, 0.2) is 0 Å². The second kappa shape index (κ2) is 7.43. The van der Waals surface area contributed by atoms with Crippen molar-refractivity contribution in [2.24, 2.45) is 0 Å². The molecule has 2 aromatic rings. The van der Waals surface area contributed by atoms with Gasteiger partial charge in [-0.2, -0.15) is 0 Å². The Kier molecular flexibility index (Phi) is 5.32. The molecule has 4 heteroatoms. The Morgan fingerprint density at radius 3 is 2.62 bits per heavy atom. The maximum absolute atomic E-state index is 12.0. The number of hydrogen-bond donors (Lipinski definition) is 1. The van der Waals surface area contributed by atoms with Gasteiger partial charge in [0.1, 0.15) is 6.54 Å². The molecule has 1 N–H and O–H groups in total. The highest BCUT2D eigenvalue weighted by Gasteiger charge is 2.09. The van der Waals surface area contributed by atoms with Crippen LogP contribution >= 0.6 is 0 Å². The monoisotopic (exact) mass is 285 g/mol. The van der Waals surface area contributed by atoms with Crippen molar-refractivity contribution in [1.82, 2.24) is 5.32 Å². The molecule has 0 spiro atoms. The second-order valence-corrected chi connectivity index (χ2v) is 4.82. The number of nitrogens with one attached hydrogen (secondary N) is 1. The Labute approximate surface area is 124 Å². The summed E-state index contributed by atoms with van der Waals surface area (Å²) >= 11 is 0. The maximum Gasteiger partial charge on any atom is 0.325 e. The first-order valence-electron chi connectivity index (χ1n) is 7.13. The number of amides is 1. The minimum absolute atomic E-state index is 0.102. The van der Waals surface area contributed by atoms with E-state index in [1.165, 1.54) is 0 Å². The van der Waals surface area contributed by atoms with Crippen LogP contribution in [0.4, 0.5) is 0 Å². The lowest BCUT2D eigenvalue weighted by Gasteiger charge is -2.07. The van der Waals surface area contributed by atoms with E-state index in [1.807, 2.05) is 43.3 Å². The number of unbranched alkanes of at least 4 members (excludes halogenated alkanes) is 1. The maximum atomic E-state index is 12.0. The number of carbonyl (C=O) groups is 2. The molecule has 0 atom stereocenters. The standard InChI is InChI=1S/C17H19NO3/c1-2-3-10-21-16(19)12-18-17(20)15-9-8-13-6-4-5-7-14(13)11-15/h4-9,11H,2-3,10,12H2,1H3,(H,18,20). The van der Waals surface area contributed by atoms with Crippen LogP contribution in [-0.4, -0.2) is 25.0 Å². The van der Waals surface area contributed by atoms with Gasteiger partial charge in [0.2, 0.25) is 0 Å². The first-order valence-corrected chi connectivity index (χ1v) is 7.13. The fraction of sp³-hybridized carbons (Fsp3) is 0.294. The summed E-state index contributed by atoms with van der Waals surface area (Å²) in [6, 6.07) is 13.3. The van der Waals surface area contributed by atoms with Gasteiger partial charge in [-0.25, -0.2) is 0 Å². The molecule has 0 unspecified atom stereocenters. The van der Waals surface area contributed by atoms with Crippen molar-refractivity contribution in [3.63, 3.8) is 0 Å². The molecule has 110 valence electrons. The van der Waals surface area contributed by atoms with Gasteiger partial charge in [-0.3, -0.25) is 9.59 Å². The van der Waals surface area contributed by atoms with Crippen molar-refractivity contribution in [2.75, 3.05) is 13.2 Å². The highest BCUT2D eigenvalue weighted by molar-refractivity contribution is 5.99. The van der Waals surface area contributed by atoms with Crippen LogP contribution in [-0.2, 0) is 9.53 Å². The van der Waals surface area contributed by atoms with Crippen LogP contribution in [0.5, 0.6) is 0 Å². The van der Waals surface area contributed by atoms with Crippen molar-refractivity contribution in [1.29, 1.82) is 0 Å². The summed E-state index contributed by atoms with van der Waals surface area (Å²) in [4.78, 5) is 23.4. The van der Waals surface area contributed by atoms with E-state index in [4.69, 9.17) is 4.74 Å². The van der Waals surface area contributed by atoms with Gasteiger partial charge in [0.05, 0.1) is 6.61 Å². The Balaban J connectivity index is 1.91. The van der Waals surface area contributed by atoms with E-state index in [0.29, 0.717) is 12.2 Å². The molecule has 0 bridgehead atoms. The van der Waals surface area contributed by atoms with E-state index in [0.717, 1.165) is 23.6 Å². The molecule has 2 rings (SSSR count). The molecular weight excluding hydrogens is 266 g/mol. The highest BCUT2D eigenvalue weighted by Crippen LogP contribution is 2.15. The van der Waals surface area contributed by atoms with E-state index in [1.54, 1.807) is 6.07 Å². The van der Waals surface area contributed by atoms with Crippen molar-refractivity contribution in [2.45, 2.75) is 19.8 Å². The Bertz CT molecular complexity index is 637. The van der Waals surface area contributed by atoms with Crippen LogP contribution in [0.25, 0.3) is 10.8 Å². The Morgan fingerprint density at radius 1 is 1.10 bits per heavy atom. The van der Waals surface area contributed by atoms with Crippen LogP contribution in [0.15, 0.2) is 42.5 Å². The third-order valence-corrected chi connectivity index (χ3v) is 3.17. The molecule has 0 radical (unpaired) electrons. The number of hydrogen-bond acceptors (Lipinski definition) is 3. The number of benzene rings is 2. The van der Waals surface area contributed by atoms with Gasteiger partial charge >= 0.3 is 5.97 Å². The molecule has 0 saturated carbocycles. The minimum Gasteiger partial charge on any atom is -0.464 e. The smallest absolute Gasteiger partial charge is 0.325 e. The number of carbonyl (C=O) groups excluding carboxylic acids is 2. The quantitative estimate of drug-likeness (QED) is 0.656. The van der Waals surface area contributed by atoms with Crippen molar-refractivity contribution >= 4 is 22.6 Å². The van der Waals surface area contributed by atoms with Gasteiger partial charge in [-0.15, -0.1) is 0 Å². The number of fused-ring (bicyclic) bond motifs is 1. The van der Waals surface area contributed by atoms with Crippen LogP contribution in [0.2, 0.25) is 0 Å². The van der Waals surface area contributed by atoms with Crippen molar-refractivity contribution < 1.29 is 14.3 Å². The zero-order valence-electron chi connectivity index (χ0n) is 12.1. The third-order valence-electron chi connectivity index (χ3n) is 3.17. The lowest BCUT2D eigenvalue weighted by molar-refractivity contribution is -0.142. The van der Waals surface area contributed by atoms with Crippen LogP contribution in [0, 0.1) is 0 Å². The van der Waals surface area contributed by atoms with Crippen LogP contribution < -0.4 is 5.32 Å². The fourth-order valence-corrected chi connectivity index (χ4v) is 1.97. The summed E-state index contributed by atoms with van der Waals surface area (Å²) < 4.78 is 4.99. The summed E-state index contributed by atoms with van der Waals surface area (Å²) in [7, 11) is 0. The average Bonchev–Trinajstić information content (AvgIpc) is 2.52. The summed E-state index contributed by atoms with van der Waals surface area (Å²) in [5.74, 6) is -0.675. The normalized spacial score (nSPS) is 10.3. The molecule has 0 heterocycles. The molecule has 0 fully saturated rings. The van der Waals surface area contributed by atoms with Gasteiger partial charge in [0, 0.05) is 5.56 Å². The van der Waals surface area contributed by atoms with E-state index in [-0.39, 0.29) is 12.5 Å². The van der Waals surface area contributed by atoms with Crippen molar-refractivity contribution in [3.8, 4) is 0 Å². The predicted octanol–water partition coefficient (Wildman–Crippen LogP) is 2.91. The SMILES string of the molecule is CCCCOC(=O)CNC(=O)c1ccc2ccccc2c1. The van der Waals surface area contributed by atoms with E-state index in [9.17, 15) is 9.59 Å². The highest BCUT2D eigenvalue weighted by atomic mass is 16.5. The zero-order chi connectivity index (χ0) is 15.1. The molecule has 2 aromatic carbocycles.